The molecule has 4 rings (SSSR count). The van der Waals surface area contributed by atoms with E-state index in [1.54, 1.807) is 61.7 Å². The molecule has 1 aliphatic rings. The second-order valence-corrected chi connectivity index (χ2v) is 12.4. The number of rotatable bonds is 10. The molecule has 8 nitrogen and oxygen atoms in total. The van der Waals surface area contributed by atoms with E-state index in [9.17, 15) is 13.2 Å². The third-order valence-electron chi connectivity index (χ3n) is 6.38. The fourth-order valence-electron chi connectivity index (χ4n) is 4.52. The Morgan fingerprint density at radius 2 is 1.74 bits per heavy atom. The van der Waals surface area contributed by atoms with E-state index in [4.69, 9.17) is 14.2 Å². The summed E-state index contributed by atoms with van der Waals surface area (Å²) in [5, 5.41) is 3.05. The van der Waals surface area contributed by atoms with E-state index in [0.29, 0.717) is 36.0 Å². The van der Waals surface area contributed by atoms with Gasteiger partial charge in [-0.1, -0.05) is 0 Å². The van der Waals surface area contributed by atoms with Crippen molar-refractivity contribution in [2.24, 2.45) is 0 Å². The molecular weight excluding hydrogens is 536 g/mol. The Morgan fingerprint density at radius 3 is 2.36 bits per heavy atom. The number of amides is 1. The number of nitrogens with one attached hydrogen (secondary N) is 1. The van der Waals surface area contributed by atoms with Gasteiger partial charge in [0.1, 0.15) is 29.4 Å². The number of ether oxygens (including phenoxy) is 3. The maximum Gasteiger partial charge on any atom is 0.264 e. The van der Waals surface area contributed by atoms with Gasteiger partial charge in [0.2, 0.25) is 5.91 Å². The number of nitrogens with zero attached hydrogens (tertiary/aromatic N) is 1. The lowest BCUT2D eigenvalue weighted by Gasteiger charge is -2.38. The van der Waals surface area contributed by atoms with Gasteiger partial charge in [0.05, 0.1) is 30.3 Å². The topological polar surface area (TPSA) is 94.2 Å². The van der Waals surface area contributed by atoms with Crippen molar-refractivity contribution in [1.29, 1.82) is 0 Å². The van der Waals surface area contributed by atoms with Crippen LogP contribution in [-0.2, 0) is 14.8 Å². The maximum atomic E-state index is 13.8. The first-order valence-electron chi connectivity index (χ1n) is 12.6. The number of hydrogen-bond donors (Lipinski definition) is 1. The highest BCUT2D eigenvalue weighted by Crippen LogP contribution is 2.41. The summed E-state index contributed by atoms with van der Waals surface area (Å²) < 4.78 is 45.7. The molecule has 0 saturated heterocycles. The van der Waals surface area contributed by atoms with Gasteiger partial charge < -0.3 is 19.5 Å². The van der Waals surface area contributed by atoms with Gasteiger partial charge in [0.25, 0.3) is 10.0 Å². The summed E-state index contributed by atoms with van der Waals surface area (Å²) >= 11 is 1.52. The third kappa shape index (κ3) is 6.62. The van der Waals surface area contributed by atoms with Gasteiger partial charge in [-0.05, 0) is 87.7 Å². The number of thioether (sulfide) groups is 1. The van der Waals surface area contributed by atoms with Gasteiger partial charge >= 0.3 is 0 Å². The first-order chi connectivity index (χ1) is 18.6. The van der Waals surface area contributed by atoms with Crippen LogP contribution >= 0.6 is 11.8 Å². The van der Waals surface area contributed by atoms with E-state index in [1.807, 2.05) is 39.2 Å². The molecule has 10 heteroatoms. The normalized spacial score (nSPS) is 16.0. The summed E-state index contributed by atoms with van der Waals surface area (Å²) in [6, 6.07) is 18.4. The van der Waals surface area contributed by atoms with E-state index in [-0.39, 0.29) is 10.9 Å². The molecule has 1 amide bonds. The van der Waals surface area contributed by atoms with Gasteiger partial charge in [0.15, 0.2) is 0 Å². The van der Waals surface area contributed by atoms with Gasteiger partial charge in [-0.15, -0.1) is 11.8 Å². The minimum atomic E-state index is -4.05. The van der Waals surface area contributed by atoms with Gasteiger partial charge in [0, 0.05) is 22.9 Å². The fraction of sp³-hybridized carbons (Fsp3) is 0.345. The molecule has 1 aliphatic heterocycles. The van der Waals surface area contributed by atoms with Crippen molar-refractivity contribution < 1.29 is 27.4 Å². The summed E-state index contributed by atoms with van der Waals surface area (Å²) in [4.78, 5) is 14.5. The monoisotopic (exact) mass is 570 g/mol. The van der Waals surface area contributed by atoms with Crippen LogP contribution in [0, 0.1) is 0 Å². The zero-order valence-electron chi connectivity index (χ0n) is 22.8. The highest BCUT2D eigenvalue weighted by atomic mass is 32.2. The van der Waals surface area contributed by atoms with Crippen LogP contribution < -0.4 is 23.8 Å². The minimum Gasteiger partial charge on any atom is -0.497 e. The molecule has 0 aliphatic carbocycles. The van der Waals surface area contributed by atoms with Crippen LogP contribution in [0.15, 0.2) is 76.5 Å². The van der Waals surface area contributed by atoms with Crippen molar-refractivity contribution in [2.75, 3.05) is 30.8 Å². The first-order valence-corrected chi connectivity index (χ1v) is 15.3. The smallest absolute Gasteiger partial charge is 0.264 e. The molecule has 1 N–H and O–H groups in total. The van der Waals surface area contributed by atoms with Crippen molar-refractivity contribution in [1.82, 2.24) is 5.32 Å². The molecule has 208 valence electrons. The molecule has 0 aromatic heterocycles. The Morgan fingerprint density at radius 1 is 1.08 bits per heavy atom. The summed E-state index contributed by atoms with van der Waals surface area (Å²) in [5.41, 5.74) is 0.628. The predicted molar refractivity (Wildman–Crippen MR) is 154 cm³/mol. The average molecular weight is 571 g/mol. The Kier molecular flexibility index (Phi) is 8.66. The standard InChI is InChI=1S/C29H34N2O6S2/c1-6-36-21-9-7-20(8-10-21)31(39(33,34)24-14-12-23(38-5)13-15-24)19-28(32)30-26-18-29(2,3)37-27-17-22(35-4)11-16-25(26)27/h7-17,26H,6,18-19H2,1-5H3,(H,30,32). The molecule has 1 atom stereocenters. The molecule has 39 heavy (non-hydrogen) atoms. The Hall–Kier alpha value is -3.37. The lowest BCUT2D eigenvalue weighted by molar-refractivity contribution is -0.120. The van der Waals surface area contributed by atoms with Gasteiger partial charge in [-0.3, -0.25) is 9.10 Å². The molecule has 0 fully saturated rings. The van der Waals surface area contributed by atoms with Crippen molar-refractivity contribution in [3.63, 3.8) is 0 Å². The van der Waals surface area contributed by atoms with Crippen molar-refractivity contribution in [3.05, 3.63) is 72.3 Å². The summed E-state index contributed by atoms with van der Waals surface area (Å²) in [6.45, 7) is 5.86. The van der Waals surface area contributed by atoms with Crippen molar-refractivity contribution in [2.45, 2.75) is 48.6 Å². The van der Waals surface area contributed by atoms with Crippen LogP contribution in [-0.4, -0.2) is 46.4 Å². The van der Waals surface area contributed by atoms with Gasteiger partial charge in [-0.25, -0.2) is 8.42 Å². The first kappa shape index (κ1) is 28.6. The van der Waals surface area contributed by atoms with Gasteiger partial charge in [-0.2, -0.15) is 0 Å². The van der Waals surface area contributed by atoms with E-state index in [2.05, 4.69) is 5.32 Å². The molecule has 0 bridgehead atoms. The highest BCUT2D eigenvalue weighted by molar-refractivity contribution is 7.98. The second-order valence-electron chi connectivity index (χ2n) is 9.70. The molecule has 1 heterocycles. The second kappa shape index (κ2) is 11.8. The van der Waals surface area contributed by atoms with Crippen LogP contribution in [0.5, 0.6) is 17.2 Å². The highest BCUT2D eigenvalue weighted by Gasteiger charge is 2.36. The van der Waals surface area contributed by atoms with Crippen molar-refractivity contribution in [3.8, 4) is 17.2 Å². The number of fused-ring (bicyclic) bond motifs is 1. The Balaban J connectivity index is 1.64. The van der Waals surface area contributed by atoms with E-state index in [0.717, 1.165) is 14.8 Å². The minimum absolute atomic E-state index is 0.103. The SMILES string of the molecule is CCOc1ccc(N(CC(=O)NC2CC(C)(C)Oc3cc(OC)ccc32)S(=O)(=O)c2ccc(SC)cc2)cc1. The fourth-order valence-corrected chi connectivity index (χ4v) is 6.35. The zero-order chi connectivity index (χ0) is 28.2. The van der Waals surface area contributed by atoms with E-state index >= 15 is 0 Å². The number of benzene rings is 3. The molecule has 3 aromatic rings. The Bertz CT molecular complexity index is 1410. The molecule has 1 unspecified atom stereocenters. The molecule has 3 aromatic carbocycles. The molecule has 0 spiro atoms. The Labute approximate surface area is 234 Å². The summed E-state index contributed by atoms with van der Waals surface area (Å²) in [7, 11) is -2.47. The number of anilines is 1. The quantitative estimate of drug-likeness (QED) is 0.325. The number of hydrogen-bond acceptors (Lipinski definition) is 7. The molecule has 0 saturated carbocycles. The number of carbonyl (C=O) groups is 1. The number of methoxy groups -OCH3 is 1. The van der Waals surface area contributed by atoms with E-state index < -0.39 is 28.1 Å². The zero-order valence-corrected chi connectivity index (χ0v) is 24.4. The summed E-state index contributed by atoms with van der Waals surface area (Å²) in [5.74, 6) is 1.46. The van der Waals surface area contributed by atoms with Crippen LogP contribution in [0.3, 0.4) is 0 Å². The van der Waals surface area contributed by atoms with Crippen LogP contribution in [0.1, 0.15) is 38.8 Å². The van der Waals surface area contributed by atoms with Crippen LogP contribution in [0.4, 0.5) is 5.69 Å². The molecular formula is C29H34N2O6S2. The number of carbonyl (C=O) groups excluding carboxylic acids is 1. The predicted octanol–water partition coefficient (Wildman–Crippen LogP) is 5.43. The van der Waals surface area contributed by atoms with E-state index in [1.165, 1.54) is 11.8 Å². The maximum absolute atomic E-state index is 13.8. The van der Waals surface area contributed by atoms with Crippen LogP contribution in [0.2, 0.25) is 0 Å². The average Bonchev–Trinajstić information content (AvgIpc) is 2.91. The molecule has 0 radical (unpaired) electrons. The number of sulfonamides is 1. The lowest BCUT2D eigenvalue weighted by atomic mass is 9.89. The van der Waals surface area contributed by atoms with Crippen molar-refractivity contribution >= 4 is 33.4 Å². The largest absolute Gasteiger partial charge is 0.497 e. The van der Waals surface area contributed by atoms with Crippen LogP contribution in [0.25, 0.3) is 0 Å². The third-order valence-corrected chi connectivity index (χ3v) is 8.92. The lowest BCUT2D eigenvalue weighted by Crippen LogP contribution is -2.45. The summed E-state index contributed by atoms with van der Waals surface area (Å²) in [6.07, 6.45) is 2.44.